The van der Waals surface area contributed by atoms with Gasteiger partial charge in [-0.1, -0.05) is 36.7 Å². The molecule has 0 aromatic carbocycles. The number of rotatable bonds is 5. The molecule has 2 amide bonds. The Labute approximate surface area is 166 Å². The first kappa shape index (κ1) is 29.8. The van der Waals surface area contributed by atoms with Crippen LogP contribution in [0.4, 0.5) is 4.79 Å². The van der Waals surface area contributed by atoms with Gasteiger partial charge in [0.15, 0.2) is 0 Å². The van der Waals surface area contributed by atoms with Gasteiger partial charge in [-0.15, -0.1) is 0 Å². The first-order valence-corrected chi connectivity index (χ1v) is 9.33. The van der Waals surface area contributed by atoms with Crippen molar-refractivity contribution in [3.63, 3.8) is 0 Å². The van der Waals surface area contributed by atoms with E-state index in [-0.39, 0.29) is 11.3 Å². The maximum atomic E-state index is 11.1. The van der Waals surface area contributed by atoms with E-state index < -0.39 is 11.7 Å². The van der Waals surface area contributed by atoms with Gasteiger partial charge >= 0.3 is 6.09 Å². The Morgan fingerprint density at radius 3 is 1.88 bits per heavy atom. The Hall–Kier alpha value is -0.940. The number of carbonyl (C=O) groups excluding carboxylic acids is 2. The maximum Gasteiger partial charge on any atom is 0.433 e. The SMILES string of the molecule is CC(C)(C)C(=O)NCCBr.CN(O)C(=O)OC(C)(C)C.CNOCCN. The lowest BCUT2D eigenvalue weighted by Gasteiger charge is -2.21. The zero-order chi connectivity index (χ0) is 21.4. The summed E-state index contributed by atoms with van der Waals surface area (Å²) in [5, 5.41) is 12.6. The summed E-state index contributed by atoms with van der Waals surface area (Å²) in [4.78, 5) is 26.3. The second-order valence-electron chi connectivity index (χ2n) is 7.04. The Morgan fingerprint density at radius 2 is 1.69 bits per heavy atom. The van der Waals surface area contributed by atoms with Crippen LogP contribution in [0, 0.1) is 5.41 Å². The highest BCUT2D eigenvalue weighted by Gasteiger charge is 2.20. The molecule has 0 unspecified atom stereocenters. The monoisotopic (exact) mass is 444 g/mol. The van der Waals surface area contributed by atoms with Gasteiger partial charge in [0.2, 0.25) is 5.91 Å². The molecule has 0 atom stereocenters. The van der Waals surface area contributed by atoms with Gasteiger partial charge in [0.05, 0.1) is 6.61 Å². The summed E-state index contributed by atoms with van der Waals surface area (Å²) in [6.45, 7) is 12.7. The first-order valence-electron chi connectivity index (χ1n) is 8.21. The van der Waals surface area contributed by atoms with Crippen molar-refractivity contribution in [2.45, 2.75) is 47.1 Å². The van der Waals surface area contributed by atoms with Crippen LogP contribution >= 0.6 is 15.9 Å². The third-order valence-corrected chi connectivity index (χ3v) is 2.48. The van der Waals surface area contributed by atoms with Crippen LogP contribution in [-0.4, -0.2) is 67.0 Å². The standard InChI is InChI=1S/C7H14BrNO.C6H13NO3.C3H10N2O/c1-7(2,3)6(10)9-5-4-8;1-6(2,3)10-5(8)7(4)9;1-5-6-3-2-4/h4-5H2,1-3H3,(H,9,10);9H,1-4H3;5H,2-4H2,1H3. The molecule has 158 valence electrons. The number of hydrogen-bond donors (Lipinski definition) is 4. The van der Waals surface area contributed by atoms with Crippen LogP contribution in [0.3, 0.4) is 0 Å². The fraction of sp³-hybridized carbons (Fsp3) is 0.875. The van der Waals surface area contributed by atoms with E-state index >= 15 is 0 Å². The van der Waals surface area contributed by atoms with Crippen molar-refractivity contribution < 1.29 is 24.4 Å². The summed E-state index contributed by atoms with van der Waals surface area (Å²) < 4.78 is 4.74. The van der Waals surface area contributed by atoms with E-state index in [4.69, 9.17) is 15.7 Å². The molecule has 0 saturated carbocycles. The van der Waals surface area contributed by atoms with E-state index in [1.807, 2.05) is 20.8 Å². The van der Waals surface area contributed by atoms with E-state index in [0.29, 0.717) is 24.8 Å². The zero-order valence-corrected chi connectivity index (χ0v) is 18.9. The molecule has 0 aliphatic rings. The molecule has 0 bridgehead atoms. The van der Waals surface area contributed by atoms with E-state index in [1.54, 1.807) is 27.8 Å². The van der Waals surface area contributed by atoms with Gasteiger partial charge < -0.3 is 20.6 Å². The van der Waals surface area contributed by atoms with Crippen LogP contribution in [0.2, 0.25) is 0 Å². The number of amides is 2. The average molecular weight is 445 g/mol. The van der Waals surface area contributed by atoms with Crippen molar-refractivity contribution in [2.75, 3.05) is 39.1 Å². The molecule has 0 aliphatic heterocycles. The second kappa shape index (κ2) is 16.2. The largest absolute Gasteiger partial charge is 0.442 e. The summed E-state index contributed by atoms with van der Waals surface area (Å²) in [6.07, 6.45) is -0.743. The summed E-state index contributed by atoms with van der Waals surface area (Å²) >= 11 is 3.23. The molecule has 0 spiro atoms. The van der Waals surface area contributed by atoms with Crippen LogP contribution in [0.15, 0.2) is 0 Å². The Balaban J connectivity index is -0.000000316. The molecular formula is C16H37BrN4O5. The fourth-order valence-electron chi connectivity index (χ4n) is 0.915. The number of hydroxylamine groups is 3. The minimum Gasteiger partial charge on any atom is -0.442 e. The lowest BCUT2D eigenvalue weighted by molar-refractivity contribution is -0.128. The molecule has 5 N–H and O–H groups in total. The van der Waals surface area contributed by atoms with Crippen molar-refractivity contribution in [1.29, 1.82) is 0 Å². The van der Waals surface area contributed by atoms with Gasteiger partial charge in [-0.25, -0.2) is 10.3 Å². The lowest BCUT2D eigenvalue weighted by Crippen LogP contribution is -2.35. The summed E-state index contributed by atoms with van der Waals surface area (Å²) in [5.41, 5.74) is 6.73. The quantitative estimate of drug-likeness (QED) is 0.220. The number of nitrogens with one attached hydrogen (secondary N) is 2. The van der Waals surface area contributed by atoms with Crippen LogP contribution in [0.5, 0.6) is 0 Å². The average Bonchev–Trinajstić information content (AvgIpc) is 2.49. The van der Waals surface area contributed by atoms with Crippen molar-refractivity contribution >= 4 is 27.9 Å². The van der Waals surface area contributed by atoms with E-state index in [0.717, 1.165) is 5.33 Å². The molecule has 0 fully saturated rings. The topological polar surface area (TPSA) is 126 Å². The van der Waals surface area contributed by atoms with E-state index in [9.17, 15) is 9.59 Å². The number of carbonyl (C=O) groups is 2. The summed E-state index contributed by atoms with van der Waals surface area (Å²) in [7, 11) is 2.92. The molecule has 0 aromatic rings. The molecule has 0 heterocycles. The molecule has 9 nitrogen and oxygen atoms in total. The highest BCUT2D eigenvalue weighted by Crippen LogP contribution is 2.11. The number of halogens is 1. The second-order valence-corrected chi connectivity index (χ2v) is 7.83. The number of nitrogens with zero attached hydrogens (tertiary/aromatic N) is 1. The highest BCUT2D eigenvalue weighted by atomic mass is 79.9. The number of alkyl halides is 1. The predicted octanol–water partition coefficient (Wildman–Crippen LogP) is 1.88. The predicted molar refractivity (Wildman–Crippen MR) is 106 cm³/mol. The zero-order valence-electron chi connectivity index (χ0n) is 17.3. The van der Waals surface area contributed by atoms with Gasteiger partial charge in [-0.3, -0.25) is 10.0 Å². The van der Waals surface area contributed by atoms with Gasteiger partial charge in [0.25, 0.3) is 0 Å². The van der Waals surface area contributed by atoms with Gasteiger partial charge in [0, 0.05) is 37.9 Å². The fourth-order valence-corrected chi connectivity index (χ4v) is 1.11. The molecule has 0 radical (unpaired) electrons. The number of hydrogen-bond acceptors (Lipinski definition) is 7. The molecule has 0 aromatic heterocycles. The third-order valence-electron chi connectivity index (χ3n) is 2.08. The van der Waals surface area contributed by atoms with Crippen molar-refractivity contribution in [2.24, 2.45) is 11.1 Å². The summed E-state index contributed by atoms with van der Waals surface area (Å²) in [5.74, 6) is 0.104. The number of ether oxygens (including phenoxy) is 1. The van der Waals surface area contributed by atoms with Crippen LogP contribution < -0.4 is 16.5 Å². The van der Waals surface area contributed by atoms with E-state index in [1.165, 1.54) is 7.05 Å². The number of nitrogens with two attached hydrogens (primary N) is 1. The van der Waals surface area contributed by atoms with Gasteiger partial charge in [-0.2, -0.15) is 5.06 Å². The normalized spacial score (nSPS) is 10.6. The summed E-state index contributed by atoms with van der Waals surface area (Å²) in [6, 6.07) is 0. The minimum atomic E-state index is -0.743. The smallest absolute Gasteiger partial charge is 0.433 e. The van der Waals surface area contributed by atoms with Gasteiger partial charge in [-0.05, 0) is 20.8 Å². The lowest BCUT2D eigenvalue weighted by atomic mass is 9.96. The molecule has 0 saturated heterocycles. The van der Waals surface area contributed by atoms with E-state index in [2.05, 4.69) is 31.6 Å². The molecule has 10 heteroatoms. The Kier molecular flexibility index (Phi) is 18.6. The first-order chi connectivity index (χ1) is 11.7. The van der Waals surface area contributed by atoms with Crippen molar-refractivity contribution in [3.8, 4) is 0 Å². The molecular weight excluding hydrogens is 408 g/mol. The van der Waals surface area contributed by atoms with Crippen molar-refractivity contribution in [1.82, 2.24) is 15.9 Å². The third kappa shape index (κ3) is 25.3. The molecule has 0 rings (SSSR count). The maximum absolute atomic E-state index is 11.1. The Bertz CT molecular complexity index is 365. The van der Waals surface area contributed by atoms with Crippen LogP contribution in [0.1, 0.15) is 41.5 Å². The van der Waals surface area contributed by atoms with Crippen LogP contribution in [0.25, 0.3) is 0 Å². The Morgan fingerprint density at radius 1 is 1.19 bits per heavy atom. The van der Waals surface area contributed by atoms with Crippen LogP contribution in [-0.2, 0) is 14.4 Å². The van der Waals surface area contributed by atoms with Crippen molar-refractivity contribution in [3.05, 3.63) is 0 Å². The van der Waals surface area contributed by atoms with Gasteiger partial charge in [0.1, 0.15) is 5.60 Å². The molecule has 26 heavy (non-hydrogen) atoms. The minimum absolute atomic E-state index is 0.104. The molecule has 0 aliphatic carbocycles. The highest BCUT2D eigenvalue weighted by molar-refractivity contribution is 9.09.